The number of benzene rings is 2. The average molecular weight is 405 g/mol. The van der Waals surface area contributed by atoms with Crippen LogP contribution in [0.2, 0.25) is 0 Å². The van der Waals surface area contributed by atoms with Gasteiger partial charge >= 0.3 is 0 Å². The summed E-state index contributed by atoms with van der Waals surface area (Å²) in [6.45, 7) is 4.42. The molecule has 142 valence electrons. The number of hydrogen-bond donors (Lipinski definition) is 0. The molecule has 4 rings (SSSR count). The molecule has 2 aromatic carbocycles. The summed E-state index contributed by atoms with van der Waals surface area (Å²) in [4.78, 5) is 6.72. The molecule has 2 aliphatic heterocycles. The fraction of sp³-hybridized carbons (Fsp3) is 0.350. The van der Waals surface area contributed by atoms with Crippen molar-refractivity contribution in [3.05, 3.63) is 65.0 Å². The number of thioether (sulfide) groups is 1. The van der Waals surface area contributed by atoms with Gasteiger partial charge in [-0.3, -0.25) is 4.99 Å². The lowest BCUT2D eigenvalue weighted by Gasteiger charge is -2.26. The molecule has 1 saturated heterocycles. The maximum atomic E-state index is 14.3. The lowest BCUT2D eigenvalue weighted by atomic mass is 10.1. The lowest BCUT2D eigenvalue weighted by Crippen LogP contribution is -2.28. The van der Waals surface area contributed by atoms with Crippen molar-refractivity contribution in [1.29, 1.82) is 0 Å². The minimum absolute atomic E-state index is 0.0426. The molecule has 0 radical (unpaired) electrons. The van der Waals surface area contributed by atoms with Crippen LogP contribution in [-0.2, 0) is 16.4 Å². The van der Waals surface area contributed by atoms with Gasteiger partial charge in [0, 0.05) is 16.5 Å². The lowest BCUT2D eigenvalue weighted by molar-refractivity contribution is 0.601. The van der Waals surface area contributed by atoms with Gasteiger partial charge in [-0.1, -0.05) is 36.0 Å². The number of rotatable bonds is 3. The molecule has 0 amide bonds. The Bertz CT molecular complexity index is 1000. The number of aliphatic imine (C=N–C) groups is 1. The number of fused-ring (bicyclic) bond motifs is 1. The van der Waals surface area contributed by atoms with E-state index >= 15 is 0 Å². The van der Waals surface area contributed by atoms with Crippen molar-refractivity contribution in [3.63, 3.8) is 0 Å². The highest BCUT2D eigenvalue weighted by molar-refractivity contribution is 8.15. The van der Waals surface area contributed by atoms with Crippen molar-refractivity contribution < 1.29 is 12.8 Å². The van der Waals surface area contributed by atoms with Crippen LogP contribution in [0.5, 0.6) is 0 Å². The topological polar surface area (TPSA) is 49.7 Å². The Morgan fingerprint density at radius 2 is 1.85 bits per heavy atom. The van der Waals surface area contributed by atoms with Gasteiger partial charge in [-0.15, -0.1) is 0 Å². The third-order valence-electron chi connectivity index (χ3n) is 4.84. The second-order valence-corrected chi connectivity index (χ2v) is 10.6. The van der Waals surface area contributed by atoms with Crippen LogP contribution in [0.25, 0.3) is 0 Å². The smallest absolute Gasteiger partial charge is 0.164 e. The van der Waals surface area contributed by atoms with Crippen LogP contribution < -0.4 is 4.90 Å². The molecule has 0 spiro atoms. The molecule has 2 atom stereocenters. The Labute approximate surface area is 163 Å². The van der Waals surface area contributed by atoms with Crippen molar-refractivity contribution >= 4 is 32.5 Å². The first-order valence-electron chi connectivity index (χ1n) is 8.85. The zero-order valence-corrected chi connectivity index (χ0v) is 16.9. The quantitative estimate of drug-likeness (QED) is 0.782. The SMILES string of the molecule is Cc1cc(C)cc(N(Cc2ccccc2F)C2=N[C@@H]3CS(=O)(=O)C[C@H]3S2)c1. The van der Waals surface area contributed by atoms with Gasteiger partial charge in [0.05, 0.1) is 24.1 Å². The molecule has 4 nitrogen and oxygen atoms in total. The van der Waals surface area contributed by atoms with Crippen molar-refractivity contribution in [3.8, 4) is 0 Å². The van der Waals surface area contributed by atoms with Crippen LogP contribution in [0.15, 0.2) is 47.5 Å². The standard InChI is InChI=1S/C20H21FN2O2S2/c1-13-7-14(2)9-16(8-13)23(10-15-5-3-4-6-17(15)21)20-22-18-11-27(24,25)12-19(18)26-20/h3-9,18-19H,10-12H2,1-2H3/t18-,19-/m1/s1. The molecule has 2 heterocycles. The van der Waals surface area contributed by atoms with Gasteiger partial charge in [0.15, 0.2) is 15.0 Å². The Balaban J connectivity index is 1.72. The van der Waals surface area contributed by atoms with Gasteiger partial charge in [0.25, 0.3) is 0 Å². The maximum absolute atomic E-state index is 14.3. The number of nitrogens with zero attached hydrogens (tertiary/aromatic N) is 2. The molecule has 0 saturated carbocycles. The van der Waals surface area contributed by atoms with Crippen LogP contribution in [-0.4, -0.2) is 36.4 Å². The molecule has 2 aromatic rings. The van der Waals surface area contributed by atoms with E-state index in [4.69, 9.17) is 4.99 Å². The Hall–Kier alpha value is -1.86. The van der Waals surface area contributed by atoms with E-state index in [0.29, 0.717) is 12.1 Å². The van der Waals surface area contributed by atoms with Crippen molar-refractivity contribution in [1.82, 2.24) is 0 Å². The molecule has 1 fully saturated rings. The van der Waals surface area contributed by atoms with Gasteiger partial charge in [0.1, 0.15) is 5.82 Å². The summed E-state index contributed by atoms with van der Waals surface area (Å²) in [5, 5.41) is 0.729. The first kappa shape index (κ1) is 18.5. The maximum Gasteiger partial charge on any atom is 0.164 e. The first-order valence-corrected chi connectivity index (χ1v) is 11.5. The normalized spacial score (nSPS) is 23.1. The molecule has 0 bridgehead atoms. The molecular formula is C20H21FN2O2S2. The number of hydrogen-bond acceptors (Lipinski definition) is 5. The van der Waals surface area contributed by atoms with Crippen LogP contribution in [0, 0.1) is 19.7 Å². The Kier molecular flexibility index (Phi) is 4.76. The number of sulfone groups is 1. The highest BCUT2D eigenvalue weighted by Gasteiger charge is 2.44. The van der Waals surface area contributed by atoms with Gasteiger partial charge in [0.2, 0.25) is 0 Å². The summed E-state index contributed by atoms with van der Waals surface area (Å²) in [7, 11) is -3.00. The van der Waals surface area contributed by atoms with E-state index < -0.39 is 9.84 Å². The molecule has 0 aliphatic carbocycles. The Morgan fingerprint density at radius 3 is 2.52 bits per heavy atom. The van der Waals surface area contributed by atoms with Crippen molar-refractivity contribution in [2.75, 3.05) is 16.4 Å². The number of amidine groups is 1. The zero-order valence-electron chi connectivity index (χ0n) is 15.2. The fourth-order valence-electron chi connectivity index (χ4n) is 3.64. The molecule has 7 heteroatoms. The predicted molar refractivity (Wildman–Crippen MR) is 110 cm³/mol. The van der Waals surface area contributed by atoms with Gasteiger partial charge < -0.3 is 4.90 Å². The van der Waals surface area contributed by atoms with Gasteiger partial charge in [-0.05, 0) is 43.2 Å². The summed E-state index contributed by atoms with van der Waals surface area (Å²) < 4.78 is 38.0. The van der Waals surface area contributed by atoms with Crippen LogP contribution in [0.3, 0.4) is 0 Å². The minimum atomic E-state index is -3.00. The predicted octanol–water partition coefficient (Wildman–Crippen LogP) is 3.72. The summed E-state index contributed by atoms with van der Waals surface area (Å²) >= 11 is 1.50. The monoisotopic (exact) mass is 404 g/mol. The summed E-state index contributed by atoms with van der Waals surface area (Å²) in [6.07, 6.45) is 0. The summed E-state index contributed by atoms with van der Waals surface area (Å²) in [5.41, 5.74) is 3.78. The van der Waals surface area contributed by atoms with Gasteiger partial charge in [-0.25, -0.2) is 12.8 Å². The van der Waals surface area contributed by atoms with E-state index in [1.54, 1.807) is 12.1 Å². The fourth-order valence-corrected chi connectivity index (χ4v) is 7.42. The second-order valence-electron chi connectivity index (χ2n) is 7.24. The largest absolute Gasteiger partial charge is 0.317 e. The highest BCUT2D eigenvalue weighted by atomic mass is 32.2. The van der Waals surface area contributed by atoms with E-state index in [0.717, 1.165) is 22.0 Å². The molecule has 0 N–H and O–H groups in total. The Morgan fingerprint density at radius 1 is 1.15 bits per heavy atom. The van der Waals surface area contributed by atoms with Crippen LogP contribution in [0.4, 0.5) is 10.1 Å². The van der Waals surface area contributed by atoms with Crippen LogP contribution in [0.1, 0.15) is 16.7 Å². The van der Waals surface area contributed by atoms with E-state index in [2.05, 4.69) is 18.2 Å². The third-order valence-corrected chi connectivity index (χ3v) is 8.09. The highest BCUT2D eigenvalue weighted by Crippen LogP contribution is 2.37. The van der Waals surface area contributed by atoms with E-state index in [-0.39, 0.29) is 28.6 Å². The molecule has 27 heavy (non-hydrogen) atoms. The summed E-state index contributed by atoms with van der Waals surface area (Å²) in [5.74, 6) is 0.0165. The van der Waals surface area contributed by atoms with Crippen LogP contribution >= 0.6 is 11.8 Å². The van der Waals surface area contributed by atoms with E-state index in [1.807, 2.05) is 24.8 Å². The number of aryl methyl sites for hydroxylation is 2. The minimum Gasteiger partial charge on any atom is -0.317 e. The number of anilines is 1. The summed E-state index contributed by atoms with van der Waals surface area (Å²) in [6, 6.07) is 12.7. The molecular weight excluding hydrogens is 383 g/mol. The van der Waals surface area contributed by atoms with E-state index in [9.17, 15) is 12.8 Å². The van der Waals surface area contributed by atoms with Crippen molar-refractivity contribution in [2.45, 2.75) is 31.7 Å². The molecule has 0 aromatic heterocycles. The van der Waals surface area contributed by atoms with Crippen molar-refractivity contribution in [2.24, 2.45) is 4.99 Å². The van der Waals surface area contributed by atoms with Gasteiger partial charge in [-0.2, -0.15) is 0 Å². The zero-order chi connectivity index (χ0) is 19.2. The van der Waals surface area contributed by atoms with E-state index in [1.165, 1.54) is 17.8 Å². The second kappa shape index (κ2) is 6.95. The third kappa shape index (κ3) is 3.89. The molecule has 0 unspecified atom stereocenters. The average Bonchev–Trinajstić information content (AvgIpc) is 3.06. The number of halogens is 1. The first-order chi connectivity index (χ1) is 12.8. The molecule has 2 aliphatic rings.